The molecule has 86 valence electrons. The van der Waals surface area contributed by atoms with E-state index in [1.807, 2.05) is 0 Å². The van der Waals surface area contributed by atoms with Crippen LogP contribution in [-0.4, -0.2) is 30.5 Å². The Balaban J connectivity index is 4.90. The largest absolute Gasteiger partial charge is 0.462 e. The molecule has 0 atom stereocenters. The van der Waals surface area contributed by atoms with Crippen LogP contribution in [0, 0.1) is 0 Å². The Morgan fingerprint density at radius 2 is 1.47 bits per heavy atom. The van der Waals surface area contributed by atoms with E-state index in [1.165, 1.54) is 0 Å². The van der Waals surface area contributed by atoms with Gasteiger partial charge < -0.3 is 9.47 Å². The van der Waals surface area contributed by atoms with Crippen LogP contribution >= 0.6 is 15.9 Å². The first-order valence-corrected chi connectivity index (χ1v) is 5.80. The zero-order valence-corrected chi connectivity index (χ0v) is 10.7. The molecule has 0 aliphatic heterocycles. The van der Waals surface area contributed by atoms with E-state index >= 15 is 0 Å². The number of allylic oxidation sites excluding steroid dienone is 1. The lowest BCUT2D eigenvalue weighted by molar-refractivity contribution is -0.146. The Labute approximate surface area is 97.8 Å². The lowest BCUT2D eigenvalue weighted by Crippen LogP contribution is -2.20. The van der Waals surface area contributed by atoms with Gasteiger partial charge in [-0.1, -0.05) is 15.9 Å². The summed E-state index contributed by atoms with van der Waals surface area (Å²) in [7, 11) is 0. The van der Waals surface area contributed by atoms with E-state index in [0.29, 0.717) is 10.9 Å². The topological polar surface area (TPSA) is 52.6 Å². The van der Waals surface area contributed by atoms with E-state index in [9.17, 15) is 9.59 Å². The minimum atomic E-state index is -0.632. The van der Waals surface area contributed by atoms with E-state index < -0.39 is 11.9 Å². The SMILES string of the molecule is CCOC(=O)C(C(=O)OCC)=C(C)CBr. The van der Waals surface area contributed by atoms with Crippen LogP contribution in [-0.2, 0) is 19.1 Å². The van der Waals surface area contributed by atoms with Gasteiger partial charge in [0, 0.05) is 5.33 Å². The lowest BCUT2D eigenvalue weighted by atomic mass is 10.1. The van der Waals surface area contributed by atoms with E-state index in [-0.39, 0.29) is 18.8 Å². The summed E-state index contributed by atoms with van der Waals surface area (Å²) in [5, 5.41) is 0.431. The van der Waals surface area contributed by atoms with Gasteiger partial charge in [-0.25, -0.2) is 9.59 Å². The van der Waals surface area contributed by atoms with Crippen molar-refractivity contribution in [1.82, 2.24) is 0 Å². The van der Waals surface area contributed by atoms with Gasteiger partial charge in [-0.05, 0) is 26.3 Å². The molecule has 0 radical (unpaired) electrons. The van der Waals surface area contributed by atoms with Crippen LogP contribution in [0.4, 0.5) is 0 Å². The first-order valence-electron chi connectivity index (χ1n) is 4.68. The van der Waals surface area contributed by atoms with Gasteiger partial charge >= 0.3 is 11.9 Å². The van der Waals surface area contributed by atoms with Crippen LogP contribution in [0.3, 0.4) is 0 Å². The normalized spacial score (nSPS) is 9.33. The maximum atomic E-state index is 11.5. The van der Waals surface area contributed by atoms with Crippen LogP contribution < -0.4 is 0 Å². The van der Waals surface area contributed by atoms with Gasteiger partial charge in [0.05, 0.1) is 13.2 Å². The molecule has 0 fully saturated rings. The average molecular weight is 279 g/mol. The number of hydrogen-bond donors (Lipinski definition) is 0. The highest BCUT2D eigenvalue weighted by Gasteiger charge is 2.23. The number of hydrogen-bond acceptors (Lipinski definition) is 4. The van der Waals surface area contributed by atoms with Crippen molar-refractivity contribution in [2.24, 2.45) is 0 Å². The molecule has 0 aromatic carbocycles. The highest BCUT2D eigenvalue weighted by molar-refractivity contribution is 9.09. The second-order valence-corrected chi connectivity index (χ2v) is 3.29. The smallest absolute Gasteiger partial charge is 0.345 e. The summed E-state index contributed by atoms with van der Waals surface area (Å²) in [4.78, 5) is 22.9. The molecule has 0 spiro atoms. The van der Waals surface area contributed by atoms with Crippen molar-refractivity contribution in [3.8, 4) is 0 Å². The molecule has 15 heavy (non-hydrogen) atoms. The maximum absolute atomic E-state index is 11.5. The number of rotatable bonds is 5. The molecule has 0 bridgehead atoms. The summed E-state index contributed by atoms with van der Waals surface area (Å²) in [6, 6.07) is 0. The molecule has 0 rings (SSSR count). The molecule has 0 heterocycles. The van der Waals surface area contributed by atoms with Gasteiger partial charge in [0.2, 0.25) is 0 Å². The number of carbonyl (C=O) groups is 2. The molecular formula is C10H15BrO4. The van der Waals surface area contributed by atoms with Crippen molar-refractivity contribution in [2.75, 3.05) is 18.5 Å². The van der Waals surface area contributed by atoms with Gasteiger partial charge in [0.25, 0.3) is 0 Å². The zero-order valence-electron chi connectivity index (χ0n) is 9.13. The predicted octanol–water partition coefficient (Wildman–Crippen LogP) is 1.82. The summed E-state index contributed by atoms with van der Waals surface area (Å²) in [5.74, 6) is -1.26. The maximum Gasteiger partial charge on any atom is 0.345 e. The molecule has 0 saturated carbocycles. The number of halogens is 1. The third kappa shape index (κ3) is 4.46. The molecule has 0 N–H and O–H groups in total. The van der Waals surface area contributed by atoms with Crippen molar-refractivity contribution >= 4 is 27.9 Å². The van der Waals surface area contributed by atoms with Crippen molar-refractivity contribution in [3.63, 3.8) is 0 Å². The highest BCUT2D eigenvalue weighted by atomic mass is 79.9. The number of esters is 2. The fraction of sp³-hybridized carbons (Fsp3) is 0.600. The van der Waals surface area contributed by atoms with Gasteiger partial charge in [-0.15, -0.1) is 0 Å². The summed E-state index contributed by atoms with van der Waals surface area (Å²) in [5.41, 5.74) is 0.586. The Hall–Kier alpha value is -0.840. The van der Waals surface area contributed by atoms with Crippen molar-refractivity contribution in [3.05, 3.63) is 11.1 Å². The molecule has 0 aliphatic rings. The number of carbonyl (C=O) groups excluding carboxylic acids is 2. The third-order valence-electron chi connectivity index (χ3n) is 1.59. The fourth-order valence-electron chi connectivity index (χ4n) is 0.905. The summed E-state index contributed by atoms with van der Waals surface area (Å²) >= 11 is 3.18. The van der Waals surface area contributed by atoms with Crippen LogP contribution in [0.2, 0.25) is 0 Å². The van der Waals surface area contributed by atoms with Crippen LogP contribution in [0.1, 0.15) is 20.8 Å². The van der Waals surface area contributed by atoms with Crippen molar-refractivity contribution < 1.29 is 19.1 Å². The molecule has 0 aliphatic carbocycles. The molecule has 0 aromatic heterocycles. The third-order valence-corrected chi connectivity index (χ3v) is 2.43. The molecular weight excluding hydrogens is 264 g/mol. The van der Waals surface area contributed by atoms with Crippen LogP contribution in [0.15, 0.2) is 11.1 Å². The van der Waals surface area contributed by atoms with E-state index in [2.05, 4.69) is 15.9 Å². The Morgan fingerprint density at radius 3 is 1.73 bits per heavy atom. The minimum Gasteiger partial charge on any atom is -0.462 e. The molecule has 0 amide bonds. The lowest BCUT2D eigenvalue weighted by Gasteiger charge is -2.08. The Morgan fingerprint density at radius 1 is 1.07 bits per heavy atom. The second-order valence-electron chi connectivity index (χ2n) is 2.73. The average Bonchev–Trinajstić information content (AvgIpc) is 2.18. The number of alkyl halides is 1. The highest BCUT2D eigenvalue weighted by Crippen LogP contribution is 2.11. The van der Waals surface area contributed by atoms with Gasteiger partial charge in [0.1, 0.15) is 5.57 Å². The van der Waals surface area contributed by atoms with Gasteiger partial charge in [-0.2, -0.15) is 0 Å². The molecule has 5 heteroatoms. The van der Waals surface area contributed by atoms with Crippen molar-refractivity contribution in [2.45, 2.75) is 20.8 Å². The van der Waals surface area contributed by atoms with E-state index in [0.717, 1.165) is 0 Å². The minimum absolute atomic E-state index is 0.0180. The molecule has 4 nitrogen and oxygen atoms in total. The first-order chi connectivity index (χ1) is 7.08. The van der Waals surface area contributed by atoms with E-state index in [1.54, 1.807) is 20.8 Å². The van der Waals surface area contributed by atoms with Crippen LogP contribution in [0.25, 0.3) is 0 Å². The van der Waals surface area contributed by atoms with Gasteiger partial charge in [-0.3, -0.25) is 0 Å². The number of ether oxygens (including phenoxy) is 2. The quantitative estimate of drug-likeness (QED) is 0.253. The van der Waals surface area contributed by atoms with Gasteiger partial charge in [0.15, 0.2) is 0 Å². The first kappa shape index (κ1) is 14.2. The Kier molecular flexibility index (Phi) is 7.03. The standard InChI is InChI=1S/C10H15BrO4/c1-4-14-9(12)8(7(3)6-11)10(13)15-5-2/h4-6H2,1-3H3. The van der Waals surface area contributed by atoms with Crippen molar-refractivity contribution in [1.29, 1.82) is 0 Å². The zero-order chi connectivity index (χ0) is 11.8. The predicted molar refractivity (Wildman–Crippen MR) is 59.8 cm³/mol. The van der Waals surface area contributed by atoms with Crippen LogP contribution in [0.5, 0.6) is 0 Å². The summed E-state index contributed by atoms with van der Waals surface area (Å²) in [6.45, 7) is 5.51. The second kappa shape index (κ2) is 7.45. The summed E-state index contributed by atoms with van der Waals surface area (Å²) in [6.07, 6.45) is 0. The monoisotopic (exact) mass is 278 g/mol. The Bertz CT molecular complexity index is 251. The molecule has 0 saturated heterocycles. The molecule has 0 aromatic rings. The molecule has 0 unspecified atom stereocenters. The summed E-state index contributed by atoms with van der Waals surface area (Å²) < 4.78 is 9.55. The fourth-order valence-corrected chi connectivity index (χ4v) is 1.19. The van der Waals surface area contributed by atoms with E-state index in [4.69, 9.17) is 9.47 Å².